The highest BCUT2D eigenvalue weighted by Crippen LogP contribution is 1.96. The van der Waals surface area contributed by atoms with Gasteiger partial charge in [0.2, 0.25) is 6.21 Å². The van der Waals surface area contributed by atoms with E-state index in [0.29, 0.717) is 6.42 Å². The van der Waals surface area contributed by atoms with Crippen LogP contribution in [0.1, 0.15) is 12.0 Å². The second-order valence-electron chi connectivity index (χ2n) is 3.02. The van der Waals surface area contributed by atoms with Gasteiger partial charge in [-0.25, -0.2) is 0 Å². The minimum absolute atomic E-state index is 0.0900. The monoisotopic (exact) mass is 175 g/mol. The first-order valence-electron chi connectivity index (χ1n) is 4.31. The Bertz CT molecular complexity index is 343. The lowest BCUT2D eigenvalue weighted by molar-refractivity contribution is -0.553. The molecule has 66 valence electrons. The van der Waals surface area contributed by atoms with Gasteiger partial charge < -0.3 is 0 Å². The predicted molar refractivity (Wildman–Crippen MR) is 49.5 cm³/mol. The van der Waals surface area contributed by atoms with E-state index in [0.717, 1.165) is 12.1 Å². The summed E-state index contributed by atoms with van der Waals surface area (Å²) in [5, 5.41) is 0. The average Bonchev–Trinajstić information content (AvgIpc) is 2.53. The fourth-order valence-electron chi connectivity index (χ4n) is 1.31. The maximum absolute atomic E-state index is 10.9. The normalized spacial score (nSPS) is 19.1. The van der Waals surface area contributed by atoms with E-state index in [9.17, 15) is 4.79 Å². The van der Waals surface area contributed by atoms with Gasteiger partial charge in [-0.05, 0) is 12.1 Å². The molecular weight excluding hydrogens is 164 g/mol. The Kier molecular flexibility index (Phi) is 2.08. The van der Waals surface area contributed by atoms with Crippen LogP contribution in [0.3, 0.4) is 0 Å². The van der Waals surface area contributed by atoms with Crippen LogP contribution in [0.25, 0.3) is 0 Å². The Morgan fingerprint density at radius 3 is 2.69 bits per heavy atom. The maximum Gasteiger partial charge on any atom is 0.280 e. The van der Waals surface area contributed by atoms with Gasteiger partial charge in [-0.15, -0.1) is 10.1 Å². The summed E-state index contributed by atoms with van der Waals surface area (Å²) in [6.07, 6.45) is 2.52. The molecule has 3 nitrogen and oxygen atoms in total. The highest BCUT2D eigenvalue weighted by Gasteiger charge is 2.20. The van der Waals surface area contributed by atoms with Gasteiger partial charge >= 0.3 is 0 Å². The summed E-state index contributed by atoms with van der Waals surface area (Å²) in [5.74, 6) is 0.0900. The van der Waals surface area contributed by atoms with E-state index in [4.69, 9.17) is 0 Å². The number of rotatable bonds is 1. The number of nitrogens with zero attached hydrogens (tertiary/aromatic N) is 1. The van der Waals surface area contributed by atoms with Crippen LogP contribution in [0.2, 0.25) is 0 Å². The molecule has 2 rings (SSSR count). The minimum Gasteiger partial charge on any atom is -0.269 e. The molecule has 1 aromatic rings. The minimum atomic E-state index is 0.0900. The van der Waals surface area contributed by atoms with Gasteiger partial charge in [0.05, 0.1) is 6.42 Å². The van der Waals surface area contributed by atoms with Crippen molar-refractivity contribution < 1.29 is 9.48 Å². The highest BCUT2D eigenvalue weighted by atomic mass is 16.2. The molecule has 0 radical (unpaired) electrons. The number of hydrazine groups is 1. The maximum atomic E-state index is 10.9. The van der Waals surface area contributed by atoms with E-state index in [1.165, 1.54) is 0 Å². The van der Waals surface area contributed by atoms with E-state index >= 15 is 0 Å². The summed E-state index contributed by atoms with van der Waals surface area (Å²) in [5.41, 5.74) is 3.84. The van der Waals surface area contributed by atoms with Gasteiger partial charge in [0, 0.05) is 5.56 Å². The average molecular weight is 175 g/mol. The van der Waals surface area contributed by atoms with Gasteiger partial charge in [-0.3, -0.25) is 4.79 Å². The Hall–Kier alpha value is -1.64. The van der Waals surface area contributed by atoms with E-state index in [-0.39, 0.29) is 5.91 Å². The zero-order valence-corrected chi connectivity index (χ0v) is 7.23. The van der Waals surface area contributed by atoms with Crippen LogP contribution in [-0.4, -0.2) is 23.4 Å². The summed E-state index contributed by atoms with van der Waals surface area (Å²) in [7, 11) is 0. The summed E-state index contributed by atoms with van der Waals surface area (Å²) < 4.78 is 1.82. The number of hydrogen-bond donors (Lipinski definition) is 1. The second kappa shape index (κ2) is 3.39. The van der Waals surface area contributed by atoms with Crippen molar-refractivity contribution in [3.05, 3.63) is 35.9 Å². The molecule has 1 amide bonds. The third-order valence-electron chi connectivity index (χ3n) is 1.95. The Balaban J connectivity index is 2.17. The van der Waals surface area contributed by atoms with Crippen molar-refractivity contribution in [1.29, 1.82) is 0 Å². The smallest absolute Gasteiger partial charge is 0.269 e. The van der Waals surface area contributed by atoms with Crippen LogP contribution in [-0.2, 0) is 4.79 Å². The van der Waals surface area contributed by atoms with E-state index in [2.05, 4.69) is 5.43 Å². The molecule has 1 aliphatic heterocycles. The Morgan fingerprint density at radius 2 is 2.08 bits per heavy atom. The lowest BCUT2D eigenvalue weighted by atomic mass is 10.2. The molecule has 1 aromatic carbocycles. The molecule has 0 unspecified atom stereocenters. The molecule has 0 aromatic heterocycles. The third kappa shape index (κ3) is 1.93. The van der Waals surface area contributed by atoms with Crippen molar-refractivity contribution in [3.8, 4) is 0 Å². The molecule has 0 spiro atoms. The molecule has 0 bridgehead atoms. The van der Waals surface area contributed by atoms with Crippen LogP contribution < -0.4 is 5.43 Å². The summed E-state index contributed by atoms with van der Waals surface area (Å²) in [4.78, 5) is 10.9. The van der Waals surface area contributed by atoms with Gasteiger partial charge in [0.1, 0.15) is 0 Å². The lowest BCUT2D eigenvalue weighted by Crippen LogP contribution is -2.25. The molecule has 13 heavy (non-hydrogen) atoms. The predicted octanol–water partition coefficient (Wildman–Crippen LogP) is 0.553. The van der Waals surface area contributed by atoms with Crippen molar-refractivity contribution in [3.63, 3.8) is 0 Å². The first-order valence-corrected chi connectivity index (χ1v) is 4.31. The molecule has 1 fully saturated rings. The number of benzene rings is 1. The van der Waals surface area contributed by atoms with Crippen molar-refractivity contribution in [2.24, 2.45) is 0 Å². The van der Waals surface area contributed by atoms with Crippen LogP contribution in [0, 0.1) is 0 Å². The van der Waals surface area contributed by atoms with Crippen molar-refractivity contribution >= 4 is 12.1 Å². The quantitative estimate of drug-likeness (QED) is 0.621. The van der Waals surface area contributed by atoms with Gasteiger partial charge in [-0.2, -0.15) is 0 Å². The molecular formula is C10H11N2O+. The largest absolute Gasteiger partial charge is 0.280 e. The van der Waals surface area contributed by atoms with Gasteiger partial charge in [-0.1, -0.05) is 18.2 Å². The van der Waals surface area contributed by atoms with Crippen LogP contribution in [0.5, 0.6) is 0 Å². The first-order chi connectivity index (χ1) is 6.34. The Labute approximate surface area is 76.7 Å². The zero-order valence-electron chi connectivity index (χ0n) is 7.23. The summed E-state index contributed by atoms with van der Waals surface area (Å²) >= 11 is 0. The topological polar surface area (TPSA) is 32.1 Å². The van der Waals surface area contributed by atoms with Gasteiger partial charge in [0.15, 0.2) is 6.54 Å². The Morgan fingerprint density at radius 1 is 1.31 bits per heavy atom. The highest BCUT2D eigenvalue weighted by molar-refractivity contribution is 5.79. The number of nitrogens with one attached hydrogen (secondary N) is 1. The van der Waals surface area contributed by atoms with Crippen LogP contribution in [0.15, 0.2) is 30.3 Å². The molecule has 0 aliphatic carbocycles. The van der Waals surface area contributed by atoms with Gasteiger partial charge in [0.25, 0.3) is 5.91 Å². The molecule has 0 saturated carbocycles. The standard InChI is InChI=1S/C10H10N2O/c13-10-6-7-12(11-10)8-9-4-2-1-3-5-9/h1-5,8H,6-7H2/p+1. The van der Waals surface area contributed by atoms with Crippen LogP contribution in [0.4, 0.5) is 0 Å². The van der Waals surface area contributed by atoms with Crippen molar-refractivity contribution in [1.82, 2.24) is 5.43 Å². The molecule has 3 heteroatoms. The van der Waals surface area contributed by atoms with Crippen molar-refractivity contribution in [2.45, 2.75) is 6.42 Å². The molecule has 1 N–H and O–H groups in total. The first kappa shape index (κ1) is 7.98. The van der Waals surface area contributed by atoms with E-state index in [1.807, 2.05) is 41.2 Å². The lowest BCUT2D eigenvalue weighted by Gasteiger charge is -1.91. The van der Waals surface area contributed by atoms with E-state index in [1.54, 1.807) is 0 Å². The fourth-order valence-corrected chi connectivity index (χ4v) is 1.31. The van der Waals surface area contributed by atoms with Crippen LogP contribution >= 0.6 is 0 Å². The SMILES string of the molecule is O=C1CC[N+](=Cc2ccccc2)N1. The third-order valence-corrected chi connectivity index (χ3v) is 1.95. The van der Waals surface area contributed by atoms with Crippen molar-refractivity contribution in [2.75, 3.05) is 6.54 Å². The van der Waals surface area contributed by atoms with E-state index < -0.39 is 0 Å². The summed E-state index contributed by atoms with van der Waals surface area (Å²) in [6.45, 7) is 0.758. The number of hydrazone groups is 1. The molecule has 0 atom stereocenters. The number of hydrogen-bond acceptors (Lipinski definition) is 1. The second-order valence-corrected chi connectivity index (χ2v) is 3.02. The molecule has 1 saturated heterocycles. The summed E-state index contributed by atoms with van der Waals surface area (Å²) in [6, 6.07) is 9.93. The number of carbonyl (C=O) groups excluding carboxylic acids is 1. The molecule has 1 aliphatic rings. The number of amides is 1. The number of carbonyl (C=O) groups is 1. The fraction of sp³-hybridized carbons (Fsp3) is 0.200. The molecule has 1 heterocycles. The zero-order chi connectivity index (χ0) is 9.10.